The lowest BCUT2D eigenvalue weighted by Crippen LogP contribution is -2.03. The minimum Gasteiger partial charge on any atom is -0.396 e. The summed E-state index contributed by atoms with van der Waals surface area (Å²) in [5.74, 6) is 1.91. The average Bonchev–Trinajstić information content (AvgIpc) is 2.21. The number of hydrogen-bond acceptors (Lipinski definition) is 3. The number of hydrogen-bond donors (Lipinski definition) is 1. The number of aromatic nitrogens is 1. The average molecular weight is 280 g/mol. The minimum atomic E-state index is 0.209. The molecular weight excluding hydrogens is 265 g/mol. The predicted molar refractivity (Wildman–Crippen MR) is 71.4 cm³/mol. The van der Waals surface area contributed by atoms with Crippen LogP contribution < -0.4 is 0 Å². The van der Waals surface area contributed by atoms with Crippen molar-refractivity contribution in [1.29, 1.82) is 0 Å². The van der Waals surface area contributed by atoms with E-state index in [1.807, 2.05) is 19.9 Å². The number of nitrogens with zero attached hydrogens (tertiary/aromatic N) is 1. The lowest BCUT2D eigenvalue weighted by molar-refractivity contribution is 0.250. The number of aryl methyl sites for hydroxylation is 1. The van der Waals surface area contributed by atoms with Crippen LogP contribution in [0, 0.1) is 12.8 Å². The third kappa shape index (κ3) is 4.13. The Bertz CT molecular complexity index is 337. The molecule has 5 heteroatoms. The molecule has 0 spiro atoms. The molecule has 0 bridgehead atoms. The molecule has 0 aliphatic carbocycles. The number of rotatable bonds is 5. The Hall–Kier alpha value is 0.0400. The Morgan fingerprint density at radius 2 is 2.19 bits per heavy atom. The summed E-state index contributed by atoms with van der Waals surface area (Å²) >= 11 is 13.8. The Labute approximate surface area is 110 Å². The highest BCUT2D eigenvalue weighted by Crippen LogP contribution is 2.28. The molecule has 1 rings (SSSR count). The van der Waals surface area contributed by atoms with E-state index >= 15 is 0 Å². The lowest BCUT2D eigenvalue weighted by atomic mass is 10.2. The summed E-state index contributed by atoms with van der Waals surface area (Å²) in [4.78, 5) is 4.17. The third-order valence-corrected chi connectivity index (χ3v) is 4.06. The zero-order valence-corrected chi connectivity index (χ0v) is 11.7. The molecule has 90 valence electrons. The van der Waals surface area contributed by atoms with Gasteiger partial charge < -0.3 is 5.11 Å². The number of halogens is 2. The first-order chi connectivity index (χ1) is 7.54. The molecule has 0 amide bonds. The van der Waals surface area contributed by atoms with Gasteiger partial charge in [-0.15, -0.1) is 0 Å². The molecule has 1 N–H and O–H groups in total. The van der Waals surface area contributed by atoms with Gasteiger partial charge in [0, 0.05) is 28.6 Å². The van der Waals surface area contributed by atoms with Crippen molar-refractivity contribution >= 4 is 35.0 Å². The van der Waals surface area contributed by atoms with Crippen molar-refractivity contribution in [3.8, 4) is 0 Å². The molecule has 1 aromatic rings. The van der Waals surface area contributed by atoms with Crippen LogP contribution in [0.25, 0.3) is 0 Å². The van der Waals surface area contributed by atoms with E-state index in [4.69, 9.17) is 28.3 Å². The fourth-order valence-electron chi connectivity index (χ4n) is 1.17. The minimum absolute atomic E-state index is 0.209. The molecule has 1 unspecified atom stereocenters. The van der Waals surface area contributed by atoms with E-state index in [0.717, 1.165) is 22.8 Å². The van der Waals surface area contributed by atoms with Gasteiger partial charge in [0.25, 0.3) is 0 Å². The van der Waals surface area contributed by atoms with E-state index in [9.17, 15) is 0 Å². The molecule has 0 saturated heterocycles. The van der Waals surface area contributed by atoms with E-state index in [-0.39, 0.29) is 6.61 Å². The summed E-state index contributed by atoms with van der Waals surface area (Å²) in [6.07, 6.45) is 0. The summed E-state index contributed by atoms with van der Waals surface area (Å²) in [6, 6.07) is 1.82. The van der Waals surface area contributed by atoms with Crippen LogP contribution in [0.1, 0.15) is 18.2 Å². The smallest absolute Gasteiger partial charge is 0.134 e. The van der Waals surface area contributed by atoms with Crippen LogP contribution in [-0.2, 0) is 5.75 Å². The summed E-state index contributed by atoms with van der Waals surface area (Å²) in [6.45, 7) is 4.08. The highest BCUT2D eigenvalue weighted by molar-refractivity contribution is 7.98. The number of pyridine rings is 1. The molecule has 1 aromatic heterocycles. The van der Waals surface area contributed by atoms with Gasteiger partial charge in [0.1, 0.15) is 5.15 Å². The van der Waals surface area contributed by atoms with Crippen molar-refractivity contribution in [2.75, 3.05) is 12.4 Å². The molecular formula is C11H15Cl2NOS. The van der Waals surface area contributed by atoms with Crippen LogP contribution in [-0.4, -0.2) is 22.5 Å². The second kappa shape index (κ2) is 6.70. The third-order valence-electron chi connectivity index (χ3n) is 2.11. The van der Waals surface area contributed by atoms with Gasteiger partial charge in [-0.1, -0.05) is 30.1 Å². The van der Waals surface area contributed by atoms with Crippen molar-refractivity contribution in [1.82, 2.24) is 4.98 Å². The van der Waals surface area contributed by atoms with Crippen LogP contribution >= 0.6 is 35.0 Å². The Morgan fingerprint density at radius 1 is 1.50 bits per heavy atom. The second-order valence-electron chi connectivity index (χ2n) is 3.82. The molecule has 0 aromatic carbocycles. The summed E-state index contributed by atoms with van der Waals surface area (Å²) in [5, 5.41) is 10.0. The maximum absolute atomic E-state index is 8.90. The highest BCUT2D eigenvalue weighted by Gasteiger charge is 2.09. The molecule has 0 saturated carbocycles. The van der Waals surface area contributed by atoms with Crippen LogP contribution in [0.3, 0.4) is 0 Å². The first-order valence-electron chi connectivity index (χ1n) is 5.04. The quantitative estimate of drug-likeness (QED) is 0.837. The number of aliphatic hydroxyl groups excluding tert-OH is 1. The van der Waals surface area contributed by atoms with E-state index < -0.39 is 0 Å². The Balaban J connectivity index is 2.60. The lowest BCUT2D eigenvalue weighted by Gasteiger charge is -2.09. The first-order valence-corrected chi connectivity index (χ1v) is 6.95. The number of thioether (sulfide) groups is 1. The standard InChI is InChI=1S/C11H15Cl2NOS/c1-7(4-15)5-16-6-9-10(12)3-8(2)14-11(9)13/h3,7,15H,4-6H2,1-2H3. The van der Waals surface area contributed by atoms with Gasteiger partial charge in [0.2, 0.25) is 0 Å². The van der Waals surface area contributed by atoms with Crippen molar-refractivity contribution in [2.45, 2.75) is 19.6 Å². The van der Waals surface area contributed by atoms with Crippen molar-refractivity contribution < 1.29 is 5.11 Å². The first kappa shape index (κ1) is 14.1. The SMILES string of the molecule is Cc1cc(Cl)c(CSCC(C)CO)c(Cl)n1. The largest absolute Gasteiger partial charge is 0.396 e. The highest BCUT2D eigenvalue weighted by atomic mass is 35.5. The molecule has 1 atom stereocenters. The zero-order chi connectivity index (χ0) is 12.1. The zero-order valence-electron chi connectivity index (χ0n) is 9.33. The van der Waals surface area contributed by atoms with Crippen molar-refractivity contribution in [3.05, 3.63) is 27.5 Å². The maximum Gasteiger partial charge on any atom is 0.134 e. The summed E-state index contributed by atoms with van der Waals surface area (Å²) < 4.78 is 0. The normalized spacial score (nSPS) is 12.8. The van der Waals surface area contributed by atoms with Gasteiger partial charge >= 0.3 is 0 Å². The topological polar surface area (TPSA) is 33.1 Å². The molecule has 0 radical (unpaired) electrons. The van der Waals surface area contributed by atoms with Crippen LogP contribution in [0.5, 0.6) is 0 Å². The van der Waals surface area contributed by atoms with E-state index in [1.54, 1.807) is 11.8 Å². The van der Waals surface area contributed by atoms with Crippen molar-refractivity contribution in [2.24, 2.45) is 5.92 Å². The molecule has 0 fully saturated rings. The van der Waals surface area contributed by atoms with Gasteiger partial charge in [0.05, 0.1) is 0 Å². The van der Waals surface area contributed by atoms with Crippen LogP contribution in [0.2, 0.25) is 10.2 Å². The fraction of sp³-hybridized carbons (Fsp3) is 0.545. The van der Waals surface area contributed by atoms with E-state index in [0.29, 0.717) is 16.1 Å². The van der Waals surface area contributed by atoms with Gasteiger partial charge in [-0.25, -0.2) is 4.98 Å². The van der Waals surface area contributed by atoms with E-state index in [2.05, 4.69) is 4.98 Å². The van der Waals surface area contributed by atoms with Crippen LogP contribution in [0.15, 0.2) is 6.07 Å². The van der Waals surface area contributed by atoms with Gasteiger partial charge in [0.15, 0.2) is 0 Å². The van der Waals surface area contributed by atoms with Gasteiger partial charge in [-0.05, 0) is 24.7 Å². The molecule has 2 nitrogen and oxygen atoms in total. The van der Waals surface area contributed by atoms with Crippen LogP contribution in [0.4, 0.5) is 0 Å². The maximum atomic E-state index is 8.90. The van der Waals surface area contributed by atoms with Gasteiger partial charge in [-0.3, -0.25) is 0 Å². The summed E-state index contributed by atoms with van der Waals surface area (Å²) in [7, 11) is 0. The molecule has 16 heavy (non-hydrogen) atoms. The number of aliphatic hydroxyl groups is 1. The second-order valence-corrected chi connectivity index (χ2v) is 5.61. The monoisotopic (exact) mass is 279 g/mol. The molecule has 0 aliphatic rings. The molecule has 1 heterocycles. The van der Waals surface area contributed by atoms with Gasteiger partial charge in [-0.2, -0.15) is 11.8 Å². The Morgan fingerprint density at radius 3 is 2.75 bits per heavy atom. The molecule has 0 aliphatic heterocycles. The summed E-state index contributed by atoms with van der Waals surface area (Å²) in [5.41, 5.74) is 1.71. The predicted octanol–water partition coefficient (Wildman–Crippen LogP) is 3.56. The Kier molecular flexibility index (Phi) is 5.90. The van der Waals surface area contributed by atoms with E-state index in [1.165, 1.54) is 0 Å². The van der Waals surface area contributed by atoms with Crippen molar-refractivity contribution in [3.63, 3.8) is 0 Å². The fourth-order valence-corrected chi connectivity index (χ4v) is 3.11.